The number of fused-ring (bicyclic) bond motifs is 1. The molecule has 0 saturated carbocycles. The molecule has 1 aromatic heterocycles. The van der Waals surface area contributed by atoms with E-state index in [0.717, 1.165) is 0 Å². The lowest BCUT2D eigenvalue weighted by Gasteiger charge is -2.17. The second-order valence-electron chi connectivity index (χ2n) is 4.58. The van der Waals surface area contributed by atoms with Crippen LogP contribution in [-0.2, 0) is 5.41 Å². The molecule has 0 unspecified atom stereocenters. The molecular weight excluding hydrogens is 192 g/mol. The zero-order valence-corrected chi connectivity index (χ0v) is 9.48. The molecule has 0 amide bonds. The second kappa shape index (κ2) is 2.99. The molecular formula is C12H14OS. The van der Waals surface area contributed by atoms with Gasteiger partial charge in [-0.3, -0.25) is 0 Å². The van der Waals surface area contributed by atoms with Crippen LogP contribution in [0.5, 0.6) is 5.75 Å². The van der Waals surface area contributed by atoms with Crippen LogP contribution < -0.4 is 0 Å². The van der Waals surface area contributed by atoms with Gasteiger partial charge in [0.2, 0.25) is 0 Å². The van der Waals surface area contributed by atoms with Gasteiger partial charge in [0.15, 0.2) is 0 Å². The summed E-state index contributed by atoms with van der Waals surface area (Å²) in [6.45, 7) is 6.58. The van der Waals surface area contributed by atoms with E-state index < -0.39 is 0 Å². The topological polar surface area (TPSA) is 20.2 Å². The lowest BCUT2D eigenvalue weighted by Crippen LogP contribution is -2.09. The molecule has 74 valence electrons. The van der Waals surface area contributed by atoms with Crippen molar-refractivity contribution in [1.29, 1.82) is 0 Å². The maximum atomic E-state index is 9.44. The quantitative estimate of drug-likeness (QED) is 0.693. The minimum absolute atomic E-state index is 0.145. The summed E-state index contributed by atoms with van der Waals surface area (Å²) in [6.07, 6.45) is 0. The smallest absolute Gasteiger partial charge is 0.116 e. The Bertz CT molecular complexity index is 463. The number of benzene rings is 1. The van der Waals surface area contributed by atoms with Crippen LogP contribution >= 0.6 is 11.3 Å². The Morgan fingerprint density at radius 2 is 1.93 bits per heavy atom. The van der Waals surface area contributed by atoms with Crippen LogP contribution in [0.4, 0.5) is 0 Å². The molecule has 0 aliphatic heterocycles. The van der Waals surface area contributed by atoms with Crippen molar-refractivity contribution in [2.24, 2.45) is 0 Å². The van der Waals surface area contributed by atoms with Gasteiger partial charge in [-0.05, 0) is 39.9 Å². The predicted octanol–water partition coefficient (Wildman–Crippen LogP) is 3.90. The predicted molar refractivity (Wildman–Crippen MR) is 62.2 cm³/mol. The van der Waals surface area contributed by atoms with Crippen molar-refractivity contribution < 1.29 is 5.11 Å². The van der Waals surface area contributed by atoms with Crippen LogP contribution in [0.25, 0.3) is 10.1 Å². The van der Waals surface area contributed by atoms with Crippen molar-refractivity contribution in [3.63, 3.8) is 0 Å². The molecule has 0 radical (unpaired) electrons. The van der Waals surface area contributed by atoms with E-state index >= 15 is 0 Å². The first-order chi connectivity index (χ1) is 6.48. The van der Waals surface area contributed by atoms with Crippen molar-refractivity contribution in [3.05, 3.63) is 29.1 Å². The van der Waals surface area contributed by atoms with Gasteiger partial charge in [0, 0.05) is 4.70 Å². The van der Waals surface area contributed by atoms with Crippen LogP contribution in [0.3, 0.4) is 0 Å². The molecule has 1 nitrogen and oxygen atoms in total. The lowest BCUT2D eigenvalue weighted by molar-refractivity contribution is 0.476. The van der Waals surface area contributed by atoms with Gasteiger partial charge in [-0.1, -0.05) is 20.8 Å². The highest BCUT2D eigenvalue weighted by Crippen LogP contribution is 2.36. The fourth-order valence-electron chi connectivity index (χ4n) is 1.60. The van der Waals surface area contributed by atoms with Gasteiger partial charge >= 0.3 is 0 Å². The number of hydrogen-bond acceptors (Lipinski definition) is 2. The van der Waals surface area contributed by atoms with Gasteiger partial charge in [0.25, 0.3) is 0 Å². The van der Waals surface area contributed by atoms with E-state index in [2.05, 4.69) is 26.2 Å². The molecule has 1 heterocycles. The molecule has 1 N–H and O–H groups in total. The Morgan fingerprint density at radius 3 is 2.57 bits per heavy atom. The largest absolute Gasteiger partial charge is 0.508 e. The maximum Gasteiger partial charge on any atom is 0.116 e. The monoisotopic (exact) mass is 206 g/mol. The minimum Gasteiger partial charge on any atom is -0.508 e. The number of phenols is 1. The van der Waals surface area contributed by atoms with Crippen molar-refractivity contribution in [1.82, 2.24) is 0 Å². The van der Waals surface area contributed by atoms with Gasteiger partial charge in [-0.2, -0.15) is 0 Å². The number of phenolic OH excluding ortho intramolecular Hbond substituents is 1. The summed E-state index contributed by atoms with van der Waals surface area (Å²) >= 11 is 1.74. The normalized spacial score (nSPS) is 12.2. The van der Waals surface area contributed by atoms with Crippen LogP contribution in [0.2, 0.25) is 0 Å². The average Bonchev–Trinajstić information content (AvgIpc) is 2.45. The summed E-state index contributed by atoms with van der Waals surface area (Å²) in [4.78, 5) is 0. The third-order valence-corrected chi connectivity index (χ3v) is 3.33. The molecule has 2 aromatic rings. The molecule has 0 spiro atoms. The summed E-state index contributed by atoms with van der Waals surface area (Å²) in [5, 5.41) is 12.8. The van der Waals surface area contributed by atoms with Crippen LogP contribution in [0.1, 0.15) is 26.3 Å². The summed E-state index contributed by atoms with van der Waals surface area (Å²) in [5.74, 6) is 0.349. The fraction of sp³-hybridized carbons (Fsp3) is 0.333. The Morgan fingerprint density at radius 1 is 1.21 bits per heavy atom. The van der Waals surface area contributed by atoms with Gasteiger partial charge in [0.1, 0.15) is 5.75 Å². The molecule has 14 heavy (non-hydrogen) atoms. The third kappa shape index (κ3) is 1.50. The maximum absolute atomic E-state index is 9.44. The summed E-state index contributed by atoms with van der Waals surface area (Å²) < 4.78 is 1.24. The SMILES string of the molecule is CC(C)(C)c1csc2ccc(O)cc12. The number of thiophene rings is 1. The zero-order chi connectivity index (χ0) is 10.3. The number of aromatic hydroxyl groups is 1. The Kier molecular flexibility index (Phi) is 2.04. The molecule has 0 atom stereocenters. The third-order valence-electron chi connectivity index (χ3n) is 2.37. The van der Waals surface area contributed by atoms with Gasteiger partial charge in [-0.25, -0.2) is 0 Å². The molecule has 2 rings (SSSR count). The number of hydrogen-bond donors (Lipinski definition) is 1. The van der Waals surface area contributed by atoms with Crippen molar-refractivity contribution in [3.8, 4) is 5.75 Å². The number of rotatable bonds is 0. The van der Waals surface area contributed by atoms with Gasteiger partial charge < -0.3 is 5.11 Å². The average molecular weight is 206 g/mol. The van der Waals surface area contributed by atoms with E-state index in [9.17, 15) is 5.11 Å². The first kappa shape index (κ1) is 9.53. The summed E-state index contributed by atoms with van der Waals surface area (Å²) in [7, 11) is 0. The molecule has 0 saturated heterocycles. The van der Waals surface area contributed by atoms with E-state index in [0.29, 0.717) is 5.75 Å². The first-order valence-electron chi connectivity index (χ1n) is 4.69. The van der Waals surface area contributed by atoms with Crippen molar-refractivity contribution in [2.75, 3.05) is 0 Å². The lowest BCUT2D eigenvalue weighted by atomic mass is 9.87. The van der Waals surface area contributed by atoms with Crippen LogP contribution in [0, 0.1) is 0 Å². The van der Waals surface area contributed by atoms with E-state index in [1.54, 1.807) is 17.4 Å². The Balaban J connectivity index is 2.73. The minimum atomic E-state index is 0.145. The second-order valence-corrected chi connectivity index (χ2v) is 5.49. The van der Waals surface area contributed by atoms with Crippen molar-refractivity contribution in [2.45, 2.75) is 26.2 Å². The first-order valence-corrected chi connectivity index (χ1v) is 5.57. The van der Waals surface area contributed by atoms with Crippen LogP contribution in [0.15, 0.2) is 23.6 Å². The molecule has 0 fully saturated rings. The highest BCUT2D eigenvalue weighted by Gasteiger charge is 2.18. The Hall–Kier alpha value is -1.02. The highest BCUT2D eigenvalue weighted by molar-refractivity contribution is 7.17. The van der Waals surface area contributed by atoms with E-state index in [-0.39, 0.29) is 5.41 Å². The zero-order valence-electron chi connectivity index (χ0n) is 8.66. The molecule has 1 aromatic carbocycles. The van der Waals surface area contributed by atoms with E-state index in [1.165, 1.54) is 15.6 Å². The highest BCUT2D eigenvalue weighted by atomic mass is 32.1. The van der Waals surface area contributed by atoms with Crippen molar-refractivity contribution >= 4 is 21.4 Å². The standard InChI is InChI=1S/C12H14OS/c1-12(2,3)10-7-14-11-5-4-8(13)6-9(10)11/h4-7,13H,1-3H3. The molecule has 0 aliphatic rings. The molecule has 0 aliphatic carbocycles. The molecule has 0 bridgehead atoms. The summed E-state index contributed by atoms with van der Waals surface area (Å²) in [5.41, 5.74) is 1.46. The van der Waals surface area contributed by atoms with Gasteiger partial charge in [0.05, 0.1) is 0 Å². The molecule has 2 heteroatoms. The van der Waals surface area contributed by atoms with Gasteiger partial charge in [-0.15, -0.1) is 11.3 Å². The Labute approximate surface area is 88.0 Å². The fourth-order valence-corrected chi connectivity index (χ4v) is 2.77. The van der Waals surface area contributed by atoms with Crippen LogP contribution in [-0.4, -0.2) is 5.11 Å². The summed E-state index contributed by atoms with van der Waals surface area (Å²) in [6, 6.07) is 5.57. The van der Waals surface area contributed by atoms with E-state index in [4.69, 9.17) is 0 Å². The van der Waals surface area contributed by atoms with E-state index in [1.807, 2.05) is 12.1 Å².